The Morgan fingerprint density at radius 1 is 0.667 bits per heavy atom. The Balaban J connectivity index is 2.04. The predicted octanol–water partition coefficient (Wildman–Crippen LogP) is 6.16. The summed E-state index contributed by atoms with van der Waals surface area (Å²) >= 11 is 0. The Bertz CT molecular complexity index is 633. The van der Waals surface area contributed by atoms with Crippen LogP contribution in [0.1, 0.15) is 61.8 Å². The molecule has 0 amide bonds. The number of nitrogens with one attached hydrogen (secondary N) is 1. The third-order valence-corrected chi connectivity index (χ3v) is 4.20. The molecule has 1 aliphatic heterocycles. The van der Waals surface area contributed by atoms with E-state index in [1.54, 1.807) is 0 Å². The van der Waals surface area contributed by atoms with Crippen LogP contribution in [0.15, 0.2) is 36.4 Å². The van der Waals surface area contributed by atoms with Gasteiger partial charge in [0.05, 0.1) is 0 Å². The number of hydrogen-bond donors (Lipinski definition) is 1. The average Bonchev–Trinajstić information content (AvgIpc) is 2.64. The number of fused-ring (bicyclic) bond motifs is 2. The molecule has 0 aliphatic carbocycles. The first-order chi connectivity index (χ1) is 10.0. The molecule has 0 aromatic heterocycles. The normalized spacial score (nSPS) is 12.9. The maximum atomic E-state index is 3.57. The molecule has 0 saturated heterocycles. The van der Waals surface area contributed by atoms with E-state index in [0.29, 0.717) is 11.8 Å². The molecule has 2 aromatic carbocycles. The molecule has 0 bridgehead atoms. The van der Waals surface area contributed by atoms with Crippen LogP contribution >= 0.6 is 0 Å². The van der Waals surface area contributed by atoms with Crippen molar-refractivity contribution in [2.24, 2.45) is 0 Å². The summed E-state index contributed by atoms with van der Waals surface area (Å²) in [6, 6.07) is 13.4. The third kappa shape index (κ3) is 2.73. The van der Waals surface area contributed by atoms with Crippen molar-refractivity contribution >= 4 is 23.5 Å². The standard InChI is InChI=1S/C20H23N/c1-13(2)15-7-9-19-17(11-15)5-6-18-12-16(14(3)4)8-10-20(18)21-19/h5-14,21H,1-4H3. The highest BCUT2D eigenvalue weighted by atomic mass is 14.9. The molecule has 0 unspecified atom stereocenters. The van der Waals surface area contributed by atoms with Gasteiger partial charge in [-0.2, -0.15) is 0 Å². The minimum Gasteiger partial charge on any atom is -0.355 e. The van der Waals surface area contributed by atoms with Crippen molar-refractivity contribution in [2.45, 2.75) is 39.5 Å². The molecule has 0 saturated carbocycles. The molecule has 21 heavy (non-hydrogen) atoms. The second-order valence-corrected chi connectivity index (χ2v) is 6.46. The molecule has 108 valence electrons. The lowest BCUT2D eigenvalue weighted by atomic mass is 9.99. The average molecular weight is 277 g/mol. The van der Waals surface area contributed by atoms with Crippen molar-refractivity contribution < 1.29 is 0 Å². The highest BCUT2D eigenvalue weighted by Crippen LogP contribution is 2.33. The van der Waals surface area contributed by atoms with Crippen molar-refractivity contribution in [3.63, 3.8) is 0 Å². The first-order valence-corrected chi connectivity index (χ1v) is 7.77. The maximum absolute atomic E-state index is 3.57. The SMILES string of the molecule is CC(C)c1ccc2c(c1)C=Cc1cc(C(C)C)ccc1N2. The molecule has 1 nitrogen and oxygen atoms in total. The molecule has 0 radical (unpaired) electrons. The van der Waals surface area contributed by atoms with E-state index in [2.05, 4.69) is 81.6 Å². The van der Waals surface area contributed by atoms with Gasteiger partial charge in [0.2, 0.25) is 0 Å². The van der Waals surface area contributed by atoms with Gasteiger partial charge in [-0.1, -0.05) is 52.0 Å². The van der Waals surface area contributed by atoms with Gasteiger partial charge in [0, 0.05) is 11.4 Å². The molecule has 1 heteroatoms. The van der Waals surface area contributed by atoms with Crippen LogP contribution in [-0.4, -0.2) is 0 Å². The molecular formula is C20H23N. The lowest BCUT2D eigenvalue weighted by molar-refractivity contribution is 0.866. The van der Waals surface area contributed by atoms with Crippen LogP contribution in [0.4, 0.5) is 11.4 Å². The molecule has 1 aliphatic rings. The van der Waals surface area contributed by atoms with Crippen molar-refractivity contribution in [3.8, 4) is 0 Å². The first kappa shape index (κ1) is 13.9. The second-order valence-electron chi connectivity index (χ2n) is 6.46. The monoisotopic (exact) mass is 277 g/mol. The van der Waals surface area contributed by atoms with Crippen LogP contribution in [0.2, 0.25) is 0 Å². The fourth-order valence-electron chi connectivity index (χ4n) is 2.71. The Morgan fingerprint density at radius 2 is 1.10 bits per heavy atom. The van der Waals surface area contributed by atoms with Crippen LogP contribution in [0, 0.1) is 0 Å². The van der Waals surface area contributed by atoms with E-state index in [-0.39, 0.29) is 0 Å². The number of hydrogen-bond acceptors (Lipinski definition) is 1. The third-order valence-electron chi connectivity index (χ3n) is 4.20. The van der Waals surface area contributed by atoms with E-state index in [1.165, 1.54) is 33.6 Å². The summed E-state index contributed by atoms with van der Waals surface area (Å²) in [4.78, 5) is 0. The maximum Gasteiger partial charge on any atom is 0.0458 e. The quantitative estimate of drug-likeness (QED) is 0.591. The molecule has 1 N–H and O–H groups in total. The summed E-state index contributed by atoms with van der Waals surface area (Å²) in [5.41, 5.74) is 7.67. The molecule has 1 heterocycles. The van der Waals surface area contributed by atoms with E-state index in [9.17, 15) is 0 Å². The van der Waals surface area contributed by atoms with Crippen LogP contribution in [-0.2, 0) is 0 Å². The zero-order valence-electron chi connectivity index (χ0n) is 13.3. The highest BCUT2D eigenvalue weighted by Gasteiger charge is 2.11. The van der Waals surface area contributed by atoms with Crippen LogP contribution in [0.3, 0.4) is 0 Å². The highest BCUT2D eigenvalue weighted by molar-refractivity contribution is 5.87. The second kappa shape index (κ2) is 5.40. The smallest absolute Gasteiger partial charge is 0.0458 e. The van der Waals surface area contributed by atoms with Gasteiger partial charge >= 0.3 is 0 Å². The van der Waals surface area contributed by atoms with E-state index < -0.39 is 0 Å². The largest absolute Gasteiger partial charge is 0.355 e. The lowest BCUT2D eigenvalue weighted by Gasteiger charge is -2.14. The Kier molecular flexibility index (Phi) is 3.59. The van der Waals surface area contributed by atoms with E-state index in [0.717, 1.165) is 0 Å². The summed E-state index contributed by atoms with van der Waals surface area (Å²) in [7, 11) is 0. The van der Waals surface area contributed by atoms with Gasteiger partial charge < -0.3 is 5.32 Å². The summed E-state index contributed by atoms with van der Waals surface area (Å²) in [5, 5.41) is 3.57. The van der Waals surface area contributed by atoms with E-state index >= 15 is 0 Å². The van der Waals surface area contributed by atoms with Gasteiger partial charge in [-0.05, 0) is 58.4 Å². The summed E-state index contributed by atoms with van der Waals surface area (Å²) < 4.78 is 0. The van der Waals surface area contributed by atoms with Crippen molar-refractivity contribution in [3.05, 3.63) is 58.7 Å². The zero-order valence-corrected chi connectivity index (χ0v) is 13.3. The van der Waals surface area contributed by atoms with Gasteiger partial charge in [-0.3, -0.25) is 0 Å². The van der Waals surface area contributed by atoms with Gasteiger partial charge in [0.15, 0.2) is 0 Å². The lowest BCUT2D eigenvalue weighted by Crippen LogP contribution is -1.96. The van der Waals surface area contributed by atoms with Crippen LogP contribution < -0.4 is 5.32 Å². The van der Waals surface area contributed by atoms with E-state index in [4.69, 9.17) is 0 Å². The molecule has 0 fully saturated rings. The van der Waals surface area contributed by atoms with Crippen molar-refractivity contribution in [1.82, 2.24) is 0 Å². The minimum absolute atomic E-state index is 0.557. The van der Waals surface area contributed by atoms with Gasteiger partial charge in [0.1, 0.15) is 0 Å². The van der Waals surface area contributed by atoms with Crippen LogP contribution in [0.5, 0.6) is 0 Å². The summed E-state index contributed by atoms with van der Waals surface area (Å²) in [5.74, 6) is 1.11. The Labute approximate surface area is 127 Å². The minimum atomic E-state index is 0.557. The first-order valence-electron chi connectivity index (χ1n) is 7.77. The van der Waals surface area contributed by atoms with Gasteiger partial charge in [-0.15, -0.1) is 0 Å². The summed E-state index contributed by atoms with van der Waals surface area (Å²) in [6.07, 6.45) is 4.45. The van der Waals surface area contributed by atoms with Gasteiger partial charge in [-0.25, -0.2) is 0 Å². The fourth-order valence-corrected chi connectivity index (χ4v) is 2.71. The number of rotatable bonds is 2. The molecule has 2 aromatic rings. The van der Waals surface area contributed by atoms with Crippen LogP contribution in [0.25, 0.3) is 12.2 Å². The molecule has 0 spiro atoms. The van der Waals surface area contributed by atoms with Crippen molar-refractivity contribution in [2.75, 3.05) is 5.32 Å². The van der Waals surface area contributed by atoms with E-state index in [1.807, 2.05) is 0 Å². The number of benzene rings is 2. The predicted molar refractivity (Wildman–Crippen MR) is 93.3 cm³/mol. The topological polar surface area (TPSA) is 12.0 Å². The summed E-state index contributed by atoms with van der Waals surface area (Å²) in [6.45, 7) is 8.94. The Hall–Kier alpha value is -2.02. The zero-order chi connectivity index (χ0) is 15.0. The Morgan fingerprint density at radius 3 is 1.48 bits per heavy atom. The molecule has 3 rings (SSSR count). The number of anilines is 2. The molecular weight excluding hydrogens is 254 g/mol. The fraction of sp³-hybridized carbons (Fsp3) is 0.300. The van der Waals surface area contributed by atoms with Gasteiger partial charge in [0.25, 0.3) is 0 Å². The molecule has 0 atom stereocenters. The van der Waals surface area contributed by atoms with Crippen molar-refractivity contribution in [1.29, 1.82) is 0 Å².